The number of fused-ring (bicyclic) bond motifs is 1. The van der Waals surface area contributed by atoms with E-state index in [1.54, 1.807) is 0 Å². The molecule has 1 aliphatic heterocycles. The van der Waals surface area contributed by atoms with Gasteiger partial charge in [-0.15, -0.1) is 0 Å². The van der Waals surface area contributed by atoms with Crippen LogP contribution in [0.2, 0.25) is 0 Å². The molecule has 32 heavy (non-hydrogen) atoms. The lowest BCUT2D eigenvalue weighted by atomic mass is 10.1. The molecule has 1 unspecified atom stereocenters. The minimum atomic E-state index is -0.367. The van der Waals surface area contributed by atoms with Crippen LogP contribution in [0.1, 0.15) is 25.7 Å². The Balaban J connectivity index is 1.49. The van der Waals surface area contributed by atoms with Crippen molar-refractivity contribution in [2.45, 2.75) is 38.3 Å². The Kier molecular flexibility index (Phi) is 4.46. The van der Waals surface area contributed by atoms with Gasteiger partial charge in [0.15, 0.2) is 5.13 Å². The first kappa shape index (κ1) is 19.4. The lowest BCUT2D eigenvalue weighted by molar-refractivity contribution is -0.119. The molecule has 1 aliphatic carbocycles. The molecule has 9 heteroatoms. The number of amides is 1. The van der Waals surface area contributed by atoms with Crippen molar-refractivity contribution in [3.05, 3.63) is 30.3 Å². The number of hydrogen-bond donors (Lipinski definition) is 3. The summed E-state index contributed by atoms with van der Waals surface area (Å²) >= 11 is 1.48. The van der Waals surface area contributed by atoms with Crippen LogP contribution in [0.3, 0.4) is 0 Å². The smallest absolute Gasteiger partial charge is 0.240 e. The number of thiazole rings is 1. The topological polar surface area (TPSA) is 121 Å². The number of imidazole rings is 1. The molecule has 0 radical (unpaired) electrons. The number of benzene rings is 2. The summed E-state index contributed by atoms with van der Waals surface area (Å²) in [7, 11) is 0. The molecule has 0 spiro atoms. The predicted octanol–water partition coefficient (Wildman–Crippen LogP) is 3.74. The van der Waals surface area contributed by atoms with Crippen LogP contribution in [-0.4, -0.2) is 33.1 Å². The molecule has 8 nitrogen and oxygen atoms in total. The number of primary amides is 1. The largest absolute Gasteiger partial charge is 0.491 e. The molecule has 1 amide bonds. The van der Waals surface area contributed by atoms with E-state index in [-0.39, 0.29) is 11.9 Å². The van der Waals surface area contributed by atoms with Gasteiger partial charge in [0.2, 0.25) is 5.91 Å². The molecule has 2 aromatic carbocycles. The summed E-state index contributed by atoms with van der Waals surface area (Å²) in [6.07, 6.45) is 4.02. The number of aryl methyl sites for hydroxylation is 1. The maximum Gasteiger partial charge on any atom is 0.240 e. The van der Waals surface area contributed by atoms with Crippen molar-refractivity contribution in [1.82, 2.24) is 14.5 Å². The lowest BCUT2D eigenvalue weighted by Crippen LogP contribution is -2.37. The molecule has 3 heterocycles. The number of nitrogen functional groups attached to an aromatic ring is 1. The average Bonchev–Trinajstić information content (AvgIpc) is 3.41. The van der Waals surface area contributed by atoms with E-state index in [2.05, 4.69) is 20.9 Å². The molecule has 0 bridgehead atoms. The van der Waals surface area contributed by atoms with Crippen LogP contribution in [0.25, 0.3) is 32.6 Å². The van der Waals surface area contributed by atoms with Gasteiger partial charge >= 0.3 is 0 Å². The lowest BCUT2D eigenvalue weighted by Gasteiger charge is -2.19. The summed E-state index contributed by atoms with van der Waals surface area (Å²) < 4.78 is 9.42. The third kappa shape index (κ3) is 3.33. The number of aromatic nitrogens is 3. The first-order chi connectivity index (χ1) is 15.6. The van der Waals surface area contributed by atoms with Crippen molar-refractivity contribution in [2.24, 2.45) is 11.7 Å². The summed E-state index contributed by atoms with van der Waals surface area (Å²) in [6, 6.07) is 9.73. The number of anilines is 2. The normalized spacial score (nSPS) is 17.0. The van der Waals surface area contributed by atoms with Crippen LogP contribution < -0.4 is 21.5 Å². The number of carbonyl (C=O) groups is 1. The maximum atomic E-state index is 12.0. The van der Waals surface area contributed by atoms with E-state index in [1.165, 1.54) is 11.3 Å². The van der Waals surface area contributed by atoms with Gasteiger partial charge in [-0.3, -0.25) is 4.79 Å². The zero-order chi connectivity index (χ0) is 21.8. The fourth-order valence-electron chi connectivity index (χ4n) is 4.53. The van der Waals surface area contributed by atoms with Crippen molar-refractivity contribution < 1.29 is 9.53 Å². The molecule has 6 rings (SSSR count). The van der Waals surface area contributed by atoms with E-state index in [4.69, 9.17) is 21.2 Å². The van der Waals surface area contributed by atoms with Gasteiger partial charge in [0.05, 0.1) is 22.3 Å². The Morgan fingerprint density at radius 2 is 2.06 bits per heavy atom. The zero-order valence-electron chi connectivity index (χ0n) is 17.5. The van der Waals surface area contributed by atoms with Crippen molar-refractivity contribution in [3.63, 3.8) is 0 Å². The minimum Gasteiger partial charge on any atom is -0.491 e. The molecule has 2 aliphatic rings. The maximum absolute atomic E-state index is 12.0. The molecular weight excluding hydrogens is 424 g/mol. The zero-order valence-corrected chi connectivity index (χ0v) is 18.3. The van der Waals surface area contributed by atoms with Gasteiger partial charge in [0, 0.05) is 23.9 Å². The van der Waals surface area contributed by atoms with Crippen LogP contribution >= 0.6 is 11.3 Å². The molecular formula is C23H24N6O2S. The van der Waals surface area contributed by atoms with Crippen LogP contribution in [-0.2, 0) is 11.3 Å². The molecule has 1 fully saturated rings. The third-order valence-corrected chi connectivity index (χ3v) is 7.07. The van der Waals surface area contributed by atoms with Crippen molar-refractivity contribution in [1.29, 1.82) is 0 Å². The van der Waals surface area contributed by atoms with Gasteiger partial charge < -0.3 is 26.1 Å². The number of nitrogens with zero attached hydrogens (tertiary/aromatic N) is 3. The van der Waals surface area contributed by atoms with Crippen molar-refractivity contribution in [3.8, 4) is 17.1 Å². The van der Waals surface area contributed by atoms with Crippen LogP contribution in [0.4, 0.5) is 10.8 Å². The Morgan fingerprint density at radius 3 is 2.88 bits per heavy atom. The molecule has 1 saturated carbocycles. The van der Waals surface area contributed by atoms with Gasteiger partial charge in [-0.25, -0.2) is 9.97 Å². The number of nitrogens with two attached hydrogens (primary N) is 2. The molecule has 0 saturated heterocycles. The van der Waals surface area contributed by atoms with E-state index < -0.39 is 0 Å². The summed E-state index contributed by atoms with van der Waals surface area (Å²) in [4.78, 5) is 21.3. The molecule has 5 N–H and O–H groups in total. The molecule has 2 aromatic heterocycles. The second-order valence-electron chi connectivity index (χ2n) is 8.58. The minimum absolute atomic E-state index is 0.304. The Labute approximate surface area is 188 Å². The molecule has 164 valence electrons. The average molecular weight is 449 g/mol. The van der Waals surface area contributed by atoms with Gasteiger partial charge in [0.25, 0.3) is 0 Å². The second-order valence-corrected chi connectivity index (χ2v) is 9.64. The van der Waals surface area contributed by atoms with E-state index in [1.807, 2.05) is 24.3 Å². The summed E-state index contributed by atoms with van der Waals surface area (Å²) in [6.45, 7) is 1.52. The van der Waals surface area contributed by atoms with E-state index in [0.29, 0.717) is 17.7 Å². The predicted molar refractivity (Wildman–Crippen MR) is 127 cm³/mol. The highest BCUT2D eigenvalue weighted by molar-refractivity contribution is 7.22. The summed E-state index contributed by atoms with van der Waals surface area (Å²) in [5, 5.41) is 3.90. The van der Waals surface area contributed by atoms with Crippen LogP contribution in [0.5, 0.6) is 5.75 Å². The highest BCUT2D eigenvalue weighted by Gasteiger charge is 2.35. The number of rotatable bonds is 5. The third-order valence-electron chi connectivity index (χ3n) is 6.23. The number of hydrogen-bond acceptors (Lipinski definition) is 7. The fourth-order valence-corrected chi connectivity index (χ4v) is 5.30. The van der Waals surface area contributed by atoms with Gasteiger partial charge in [-0.05, 0) is 55.9 Å². The molecule has 1 atom stereocenters. The van der Waals surface area contributed by atoms with Gasteiger partial charge in [-0.1, -0.05) is 11.3 Å². The first-order valence-electron chi connectivity index (χ1n) is 11.0. The number of nitrogens with one attached hydrogen (secondary N) is 1. The standard InChI is InChI=1S/C23H24N6O2S/c24-21(30)19(12-3-4-12)26-14-10-16-20-17(11-14)31-8-2-1-7-29(20)22(27-16)13-5-6-15-18(9-13)32-23(25)28-15/h5-6,9-12,19,26H,1-4,7-8H2,(H2,24,30)(H2,25,28). The van der Waals surface area contributed by atoms with Crippen molar-refractivity contribution in [2.75, 3.05) is 17.7 Å². The number of carbonyl (C=O) groups excluding carboxylic acids is 1. The Bertz CT molecular complexity index is 1360. The van der Waals surface area contributed by atoms with Gasteiger partial charge in [-0.2, -0.15) is 0 Å². The highest BCUT2D eigenvalue weighted by Crippen LogP contribution is 2.39. The van der Waals surface area contributed by atoms with Crippen LogP contribution in [0, 0.1) is 5.92 Å². The quantitative estimate of drug-likeness (QED) is 0.428. The summed E-state index contributed by atoms with van der Waals surface area (Å²) in [5.74, 6) is 1.66. The van der Waals surface area contributed by atoms with Crippen molar-refractivity contribution >= 4 is 49.3 Å². The van der Waals surface area contributed by atoms with E-state index in [9.17, 15) is 4.79 Å². The fraction of sp³-hybridized carbons (Fsp3) is 0.348. The second kappa shape index (κ2) is 7.37. The monoisotopic (exact) mass is 448 g/mol. The first-order valence-corrected chi connectivity index (χ1v) is 11.8. The van der Waals surface area contributed by atoms with Crippen LogP contribution in [0.15, 0.2) is 30.3 Å². The Hall–Kier alpha value is -3.33. The van der Waals surface area contributed by atoms with Gasteiger partial charge in [0.1, 0.15) is 23.1 Å². The van der Waals surface area contributed by atoms with E-state index in [0.717, 1.165) is 76.3 Å². The summed E-state index contributed by atoms with van der Waals surface area (Å²) in [5.41, 5.74) is 16.1. The SMILES string of the molecule is NC(=O)C(Nc1cc2c3c(c1)nc(-c1ccc4nc(N)sc4c1)n3CCCCO2)C1CC1. The molecule has 4 aromatic rings. The van der Waals surface area contributed by atoms with E-state index >= 15 is 0 Å². The highest BCUT2D eigenvalue weighted by atomic mass is 32.1. The Morgan fingerprint density at radius 1 is 1.19 bits per heavy atom. The number of ether oxygens (including phenoxy) is 1.